The van der Waals surface area contributed by atoms with E-state index in [2.05, 4.69) is 34.6 Å². The minimum absolute atomic E-state index is 0.106. The fourth-order valence-electron chi connectivity index (χ4n) is 12.1. The van der Waals surface area contributed by atoms with Crippen molar-refractivity contribution in [2.75, 3.05) is 39.6 Å². The summed E-state index contributed by atoms with van der Waals surface area (Å²) >= 11 is 0. The lowest BCUT2D eigenvalue weighted by Crippen LogP contribution is -2.30. The third kappa shape index (κ3) is 72.2. The third-order valence-corrected chi connectivity index (χ3v) is 20.2. The summed E-state index contributed by atoms with van der Waals surface area (Å²) < 4.78 is 68.6. The van der Waals surface area contributed by atoms with Crippen LogP contribution in [0, 0.1) is 5.92 Å². The van der Waals surface area contributed by atoms with E-state index in [1.54, 1.807) is 0 Å². The van der Waals surface area contributed by atoms with Gasteiger partial charge in [0.2, 0.25) is 0 Å². The van der Waals surface area contributed by atoms with Crippen LogP contribution >= 0.6 is 15.6 Å². The number of hydrogen-bond acceptors (Lipinski definition) is 15. The zero-order valence-electron chi connectivity index (χ0n) is 63.2. The van der Waals surface area contributed by atoms with Gasteiger partial charge in [0.05, 0.1) is 26.4 Å². The average molecular weight is 1420 g/mol. The number of carbonyl (C=O) groups is 4. The maximum atomic E-state index is 13.1. The highest BCUT2D eigenvalue weighted by molar-refractivity contribution is 7.47. The van der Waals surface area contributed by atoms with Gasteiger partial charge in [-0.05, 0) is 31.6 Å². The molecular weight excluding hydrogens is 1270 g/mol. The fraction of sp³-hybridized carbons (Fsp3) is 0.949. The largest absolute Gasteiger partial charge is 0.472 e. The van der Waals surface area contributed by atoms with Gasteiger partial charge in [0, 0.05) is 25.7 Å². The molecule has 0 aliphatic heterocycles. The number of unbranched alkanes of at least 4 members (excludes halogenated alkanes) is 50. The molecule has 17 nitrogen and oxygen atoms in total. The van der Waals surface area contributed by atoms with Gasteiger partial charge in [-0.2, -0.15) is 0 Å². The molecule has 0 aliphatic rings. The molecule has 0 rings (SSSR count). The molecule has 0 saturated heterocycles. The molecule has 0 spiro atoms. The van der Waals surface area contributed by atoms with Gasteiger partial charge >= 0.3 is 39.5 Å². The second kappa shape index (κ2) is 71.1. The summed E-state index contributed by atoms with van der Waals surface area (Å²) in [5.41, 5.74) is 0. The van der Waals surface area contributed by atoms with Crippen molar-refractivity contribution in [3.63, 3.8) is 0 Å². The highest BCUT2D eigenvalue weighted by Gasteiger charge is 2.30. The van der Waals surface area contributed by atoms with Crippen LogP contribution < -0.4 is 0 Å². The summed E-state index contributed by atoms with van der Waals surface area (Å²) in [5.74, 6) is -1.37. The topological polar surface area (TPSA) is 237 Å². The van der Waals surface area contributed by atoms with Gasteiger partial charge in [-0.1, -0.05) is 362 Å². The molecule has 2 unspecified atom stereocenters. The normalized spacial score (nSPS) is 13.9. The number of esters is 4. The van der Waals surface area contributed by atoms with Gasteiger partial charge in [0.1, 0.15) is 19.3 Å². The Bertz CT molecular complexity index is 1860. The van der Waals surface area contributed by atoms with Crippen LogP contribution in [0.3, 0.4) is 0 Å². The maximum Gasteiger partial charge on any atom is 0.472 e. The predicted molar refractivity (Wildman–Crippen MR) is 395 cm³/mol. The molecule has 0 amide bonds. The first kappa shape index (κ1) is 95.1. The molecule has 0 radical (unpaired) electrons. The van der Waals surface area contributed by atoms with Gasteiger partial charge < -0.3 is 33.8 Å². The van der Waals surface area contributed by atoms with Crippen LogP contribution in [0.15, 0.2) is 0 Å². The van der Waals surface area contributed by atoms with Crippen molar-refractivity contribution in [3.05, 3.63) is 0 Å². The van der Waals surface area contributed by atoms with Crippen molar-refractivity contribution >= 4 is 39.5 Å². The van der Waals surface area contributed by atoms with Gasteiger partial charge in [-0.3, -0.25) is 37.3 Å². The summed E-state index contributed by atoms with van der Waals surface area (Å²) in [6.45, 7) is 7.29. The van der Waals surface area contributed by atoms with E-state index in [0.29, 0.717) is 25.7 Å². The Labute approximate surface area is 594 Å². The highest BCUT2D eigenvalue weighted by Crippen LogP contribution is 2.45. The quantitative estimate of drug-likeness (QED) is 0.0222. The van der Waals surface area contributed by atoms with Crippen LogP contribution in [0.2, 0.25) is 0 Å². The Hall–Kier alpha value is -1.94. The molecular formula is C78H152O17P2. The second-order valence-corrected chi connectivity index (χ2v) is 31.5. The second-order valence-electron chi connectivity index (χ2n) is 28.6. The average Bonchev–Trinajstić information content (AvgIpc) is 1.15. The zero-order valence-corrected chi connectivity index (χ0v) is 65.0. The van der Waals surface area contributed by atoms with Crippen molar-refractivity contribution in [2.45, 2.75) is 432 Å². The number of aliphatic hydroxyl groups is 1. The number of phosphoric acid groups is 2. The molecule has 0 aromatic heterocycles. The molecule has 5 atom stereocenters. The van der Waals surface area contributed by atoms with E-state index in [0.717, 1.165) is 95.8 Å². The lowest BCUT2D eigenvalue weighted by Gasteiger charge is -2.21. The van der Waals surface area contributed by atoms with Crippen LogP contribution in [-0.4, -0.2) is 96.7 Å². The molecule has 0 aliphatic carbocycles. The third-order valence-electron chi connectivity index (χ3n) is 18.3. The first-order valence-corrected chi connectivity index (χ1v) is 43.6. The number of rotatable bonds is 78. The van der Waals surface area contributed by atoms with Crippen molar-refractivity contribution in [1.29, 1.82) is 0 Å². The first-order valence-electron chi connectivity index (χ1n) is 40.6. The van der Waals surface area contributed by atoms with E-state index in [1.807, 2.05) is 0 Å². The van der Waals surface area contributed by atoms with Crippen LogP contribution in [-0.2, 0) is 65.4 Å². The van der Waals surface area contributed by atoms with Gasteiger partial charge in [0.25, 0.3) is 0 Å². The minimum atomic E-state index is -4.96. The van der Waals surface area contributed by atoms with Gasteiger partial charge in [0.15, 0.2) is 12.2 Å². The standard InChI is InChI=1S/C78H152O17P2/c1-6-9-12-15-18-21-24-26-28-29-30-31-33-35-38-43-48-53-58-63-77(82)94-73(67-89-76(81)62-57-52-47-42-37-34-32-27-25-22-19-16-13-10-7-2)69-92-96(84,85)90-65-72(79)66-91-97(86,87)93-70-74(68-88-75(80)61-56-51-46-41-36-23-20-17-14-11-8-3)95-78(83)64-59-54-49-44-39-40-45-50-55-60-71(4)5/h71-74,79H,6-70H2,1-5H3,(H,84,85)(H,86,87)/t72-,73-,74-/m1/s1. The Morgan fingerprint density at radius 3 is 0.701 bits per heavy atom. The first-order chi connectivity index (χ1) is 47.0. The molecule has 3 N–H and O–H groups in total. The van der Waals surface area contributed by atoms with E-state index in [9.17, 15) is 43.2 Å². The molecule has 0 fully saturated rings. The van der Waals surface area contributed by atoms with Gasteiger partial charge in [-0.15, -0.1) is 0 Å². The van der Waals surface area contributed by atoms with Crippen LogP contribution in [0.1, 0.15) is 413 Å². The molecule has 576 valence electrons. The highest BCUT2D eigenvalue weighted by atomic mass is 31.2. The van der Waals surface area contributed by atoms with E-state index < -0.39 is 97.5 Å². The Kier molecular flexibility index (Phi) is 69.6. The van der Waals surface area contributed by atoms with Gasteiger partial charge in [-0.25, -0.2) is 9.13 Å². The monoisotopic (exact) mass is 1420 g/mol. The fourth-order valence-corrected chi connectivity index (χ4v) is 13.6. The van der Waals surface area contributed by atoms with E-state index in [1.165, 1.54) is 238 Å². The summed E-state index contributed by atoms with van der Waals surface area (Å²) in [6, 6.07) is 0. The molecule has 19 heteroatoms. The van der Waals surface area contributed by atoms with Crippen LogP contribution in [0.25, 0.3) is 0 Å². The van der Waals surface area contributed by atoms with Crippen molar-refractivity contribution in [1.82, 2.24) is 0 Å². The Morgan fingerprint density at radius 1 is 0.278 bits per heavy atom. The summed E-state index contributed by atoms with van der Waals surface area (Å²) in [6.07, 6.45) is 61.0. The zero-order chi connectivity index (χ0) is 71.2. The number of ether oxygens (including phenoxy) is 4. The Balaban J connectivity index is 5.23. The van der Waals surface area contributed by atoms with Crippen molar-refractivity contribution < 1.29 is 80.2 Å². The summed E-state index contributed by atoms with van der Waals surface area (Å²) in [7, 11) is -9.91. The predicted octanol–water partition coefficient (Wildman–Crippen LogP) is 23.3. The summed E-state index contributed by atoms with van der Waals surface area (Å²) in [5, 5.41) is 10.6. The lowest BCUT2D eigenvalue weighted by atomic mass is 10.0. The SMILES string of the molecule is CCCCCCCCCCCCCCCCCCCCCC(=O)O[C@H](COC(=O)CCCCCCCCCCCCCCCCC)COP(=O)(O)OC[C@@H](O)COP(=O)(O)OC[C@@H](COC(=O)CCCCCCCCCCCCC)OC(=O)CCCCCCCCCCCC(C)C. The molecule has 97 heavy (non-hydrogen) atoms. The minimum Gasteiger partial charge on any atom is -0.462 e. The van der Waals surface area contributed by atoms with Crippen molar-refractivity contribution in [2.24, 2.45) is 5.92 Å². The maximum absolute atomic E-state index is 13.1. The van der Waals surface area contributed by atoms with E-state index in [-0.39, 0.29) is 25.7 Å². The summed E-state index contributed by atoms with van der Waals surface area (Å²) in [4.78, 5) is 72.9. The Morgan fingerprint density at radius 2 is 0.474 bits per heavy atom. The van der Waals surface area contributed by atoms with Crippen molar-refractivity contribution in [3.8, 4) is 0 Å². The number of aliphatic hydroxyl groups excluding tert-OH is 1. The molecule has 0 aromatic carbocycles. The molecule has 0 saturated carbocycles. The molecule has 0 aromatic rings. The van der Waals surface area contributed by atoms with Crippen LogP contribution in [0.5, 0.6) is 0 Å². The van der Waals surface area contributed by atoms with Crippen LogP contribution in [0.4, 0.5) is 0 Å². The van der Waals surface area contributed by atoms with E-state index in [4.69, 9.17) is 37.0 Å². The van der Waals surface area contributed by atoms with E-state index >= 15 is 0 Å². The smallest absolute Gasteiger partial charge is 0.462 e. The number of carbonyl (C=O) groups excluding carboxylic acids is 4. The lowest BCUT2D eigenvalue weighted by molar-refractivity contribution is -0.161. The number of hydrogen-bond donors (Lipinski definition) is 3. The molecule has 0 heterocycles. The molecule has 0 bridgehead atoms. The number of phosphoric ester groups is 2.